The average Bonchev–Trinajstić information content (AvgIpc) is 3.00. The molecule has 0 aliphatic rings. The maximum absolute atomic E-state index is 5.69. The number of hydrogen-bond acceptors (Lipinski definition) is 3. The van der Waals surface area contributed by atoms with Crippen LogP contribution in [0.3, 0.4) is 0 Å². The largest absolute Gasteiger partial charge is 0.463 e. The molecule has 0 radical (unpaired) electrons. The molecule has 2 aromatic carbocycles. The molecule has 0 bridgehead atoms. The number of furan rings is 1. The van der Waals surface area contributed by atoms with Crippen molar-refractivity contribution in [2.75, 3.05) is 5.73 Å². The number of anilines is 1. The van der Waals surface area contributed by atoms with Crippen LogP contribution in [0.25, 0.3) is 11.1 Å². The van der Waals surface area contributed by atoms with E-state index in [1.54, 1.807) is 12.5 Å². The summed E-state index contributed by atoms with van der Waals surface area (Å²) in [6.45, 7) is 0. The van der Waals surface area contributed by atoms with Gasteiger partial charge in [-0.05, 0) is 47.5 Å². The van der Waals surface area contributed by atoms with Crippen LogP contribution in [0.5, 0.6) is 0 Å². The van der Waals surface area contributed by atoms with Crippen LogP contribution in [-0.4, -0.2) is 6.21 Å². The molecule has 0 spiro atoms. The van der Waals surface area contributed by atoms with Gasteiger partial charge in [0.2, 0.25) is 0 Å². The zero-order valence-electron chi connectivity index (χ0n) is 10.9. The highest BCUT2D eigenvalue weighted by Crippen LogP contribution is 2.23. The third-order valence-corrected chi connectivity index (χ3v) is 3.00. The lowest BCUT2D eigenvalue weighted by atomic mass is 10.1. The Morgan fingerprint density at radius 2 is 1.50 bits per heavy atom. The van der Waals surface area contributed by atoms with E-state index in [-0.39, 0.29) is 0 Å². The van der Waals surface area contributed by atoms with Crippen LogP contribution >= 0.6 is 0 Å². The molecule has 20 heavy (non-hydrogen) atoms. The van der Waals surface area contributed by atoms with E-state index < -0.39 is 0 Å². The molecule has 0 atom stereocenters. The first-order valence-corrected chi connectivity index (χ1v) is 6.35. The van der Waals surface area contributed by atoms with E-state index >= 15 is 0 Å². The highest BCUT2D eigenvalue weighted by atomic mass is 16.3. The van der Waals surface area contributed by atoms with Gasteiger partial charge in [-0.15, -0.1) is 0 Å². The number of nitrogens with two attached hydrogens (primary N) is 1. The standard InChI is InChI=1S/C17H14N2O/c18-15-7-3-13(4-8-15)14-5-9-16(10-6-14)19-12-17-2-1-11-20-17/h1-12H,18H2. The fourth-order valence-electron chi connectivity index (χ4n) is 1.92. The molecule has 0 saturated heterocycles. The van der Waals surface area contributed by atoms with Crippen LogP contribution < -0.4 is 5.73 Å². The summed E-state index contributed by atoms with van der Waals surface area (Å²) < 4.78 is 5.20. The maximum Gasteiger partial charge on any atom is 0.144 e. The van der Waals surface area contributed by atoms with Gasteiger partial charge in [-0.3, -0.25) is 4.99 Å². The molecule has 98 valence electrons. The van der Waals surface area contributed by atoms with Crippen molar-refractivity contribution in [1.29, 1.82) is 0 Å². The molecule has 0 saturated carbocycles. The molecule has 0 unspecified atom stereocenters. The van der Waals surface area contributed by atoms with Gasteiger partial charge in [0.1, 0.15) is 5.76 Å². The molecule has 0 aliphatic carbocycles. The predicted molar refractivity (Wildman–Crippen MR) is 82.3 cm³/mol. The molecular weight excluding hydrogens is 248 g/mol. The van der Waals surface area contributed by atoms with Crippen LogP contribution in [-0.2, 0) is 0 Å². The molecule has 2 N–H and O–H groups in total. The summed E-state index contributed by atoms with van der Waals surface area (Å²) >= 11 is 0. The molecule has 3 aromatic rings. The fraction of sp³-hybridized carbons (Fsp3) is 0. The summed E-state index contributed by atoms with van der Waals surface area (Å²) in [7, 11) is 0. The second-order valence-electron chi connectivity index (χ2n) is 4.44. The first-order chi connectivity index (χ1) is 9.81. The van der Waals surface area contributed by atoms with E-state index in [0.29, 0.717) is 0 Å². The summed E-state index contributed by atoms with van der Waals surface area (Å²) in [5, 5.41) is 0. The number of benzene rings is 2. The number of rotatable bonds is 3. The number of nitrogens with zero attached hydrogens (tertiary/aromatic N) is 1. The van der Waals surface area contributed by atoms with Gasteiger partial charge < -0.3 is 10.2 Å². The minimum absolute atomic E-state index is 0.743. The summed E-state index contributed by atoms with van der Waals surface area (Å²) in [6, 6.07) is 19.6. The van der Waals surface area contributed by atoms with E-state index in [4.69, 9.17) is 10.2 Å². The van der Waals surface area contributed by atoms with Crippen LogP contribution in [0.2, 0.25) is 0 Å². The third-order valence-electron chi connectivity index (χ3n) is 3.00. The van der Waals surface area contributed by atoms with Gasteiger partial charge in [-0.25, -0.2) is 0 Å². The van der Waals surface area contributed by atoms with Gasteiger partial charge in [-0.2, -0.15) is 0 Å². The van der Waals surface area contributed by atoms with Crippen LogP contribution in [0.4, 0.5) is 11.4 Å². The van der Waals surface area contributed by atoms with Crippen molar-refractivity contribution in [1.82, 2.24) is 0 Å². The predicted octanol–water partition coefficient (Wildman–Crippen LogP) is 4.28. The number of aliphatic imine (C=N–C) groups is 1. The molecule has 1 heterocycles. The maximum atomic E-state index is 5.69. The van der Waals surface area contributed by atoms with Crippen molar-refractivity contribution >= 4 is 17.6 Å². The van der Waals surface area contributed by atoms with E-state index in [1.807, 2.05) is 60.7 Å². The van der Waals surface area contributed by atoms with Crippen molar-refractivity contribution in [2.45, 2.75) is 0 Å². The Morgan fingerprint density at radius 1 is 0.850 bits per heavy atom. The monoisotopic (exact) mass is 262 g/mol. The summed E-state index contributed by atoms with van der Waals surface area (Å²) in [5.41, 5.74) is 9.63. The molecule has 3 heteroatoms. The van der Waals surface area contributed by atoms with Crippen molar-refractivity contribution in [3.8, 4) is 11.1 Å². The quantitative estimate of drug-likeness (QED) is 0.565. The van der Waals surface area contributed by atoms with Gasteiger partial charge >= 0.3 is 0 Å². The molecule has 0 amide bonds. The van der Waals surface area contributed by atoms with Gasteiger partial charge in [0.15, 0.2) is 0 Å². The van der Waals surface area contributed by atoms with E-state index in [2.05, 4.69) is 4.99 Å². The Labute approximate surface area is 117 Å². The lowest BCUT2D eigenvalue weighted by Crippen LogP contribution is -1.83. The Balaban J connectivity index is 1.79. The summed E-state index contributed by atoms with van der Waals surface area (Å²) in [4.78, 5) is 4.36. The summed E-state index contributed by atoms with van der Waals surface area (Å²) in [5.74, 6) is 0.743. The molecule has 1 aromatic heterocycles. The van der Waals surface area contributed by atoms with E-state index in [9.17, 15) is 0 Å². The average molecular weight is 262 g/mol. The number of nitrogen functional groups attached to an aromatic ring is 1. The van der Waals surface area contributed by atoms with Gasteiger partial charge in [0.25, 0.3) is 0 Å². The van der Waals surface area contributed by atoms with Crippen molar-refractivity contribution in [2.24, 2.45) is 4.99 Å². The second kappa shape index (κ2) is 5.45. The molecule has 3 rings (SSSR count). The van der Waals surface area contributed by atoms with Gasteiger partial charge in [0.05, 0.1) is 18.2 Å². The normalized spacial score (nSPS) is 11.0. The van der Waals surface area contributed by atoms with Crippen LogP contribution in [0, 0.1) is 0 Å². The fourth-order valence-corrected chi connectivity index (χ4v) is 1.92. The second-order valence-corrected chi connectivity index (χ2v) is 4.44. The van der Waals surface area contributed by atoms with Crippen molar-refractivity contribution in [3.05, 3.63) is 72.7 Å². The first kappa shape index (κ1) is 12.2. The van der Waals surface area contributed by atoms with E-state index in [0.717, 1.165) is 28.3 Å². The minimum Gasteiger partial charge on any atom is -0.463 e. The smallest absolute Gasteiger partial charge is 0.144 e. The highest BCUT2D eigenvalue weighted by Gasteiger charge is 1.97. The zero-order chi connectivity index (χ0) is 13.8. The lowest BCUT2D eigenvalue weighted by molar-refractivity contribution is 0.560. The van der Waals surface area contributed by atoms with Gasteiger partial charge in [-0.1, -0.05) is 24.3 Å². The van der Waals surface area contributed by atoms with Crippen LogP contribution in [0.15, 0.2) is 76.3 Å². The van der Waals surface area contributed by atoms with Crippen LogP contribution in [0.1, 0.15) is 5.76 Å². The van der Waals surface area contributed by atoms with E-state index in [1.165, 1.54) is 0 Å². The minimum atomic E-state index is 0.743. The molecular formula is C17H14N2O. The Morgan fingerprint density at radius 3 is 2.10 bits per heavy atom. The Hall–Kier alpha value is -2.81. The SMILES string of the molecule is Nc1ccc(-c2ccc(N=Cc3ccco3)cc2)cc1. The summed E-state index contributed by atoms with van der Waals surface area (Å²) in [6.07, 6.45) is 3.34. The molecule has 0 fully saturated rings. The zero-order valence-corrected chi connectivity index (χ0v) is 10.9. The molecule has 0 aliphatic heterocycles. The Bertz CT molecular complexity index is 696. The van der Waals surface area contributed by atoms with Crippen molar-refractivity contribution in [3.63, 3.8) is 0 Å². The lowest BCUT2D eigenvalue weighted by Gasteiger charge is -2.02. The third kappa shape index (κ3) is 2.78. The van der Waals surface area contributed by atoms with Crippen molar-refractivity contribution < 1.29 is 4.42 Å². The Kier molecular flexibility index (Phi) is 3.33. The van der Waals surface area contributed by atoms with Gasteiger partial charge in [0, 0.05) is 5.69 Å². The first-order valence-electron chi connectivity index (χ1n) is 6.35. The topological polar surface area (TPSA) is 51.5 Å². The highest BCUT2D eigenvalue weighted by molar-refractivity contribution is 5.79. The number of hydrogen-bond donors (Lipinski definition) is 1. The molecule has 3 nitrogen and oxygen atoms in total.